The molecule has 0 N–H and O–H groups in total. The molecule has 28 heavy (non-hydrogen) atoms. The van der Waals surface area contributed by atoms with E-state index in [1.54, 1.807) is 0 Å². The van der Waals surface area contributed by atoms with Crippen molar-refractivity contribution < 1.29 is 0 Å². The summed E-state index contributed by atoms with van der Waals surface area (Å²) < 4.78 is 0. The van der Waals surface area contributed by atoms with Crippen LogP contribution in [0.4, 0.5) is 0 Å². The fraction of sp³-hybridized carbons (Fsp3) is 0. The highest BCUT2D eigenvalue weighted by atomic mass is 14.7. The van der Waals surface area contributed by atoms with Gasteiger partial charge in [-0.3, -0.25) is 0 Å². The van der Waals surface area contributed by atoms with Crippen molar-refractivity contribution >= 4 is 75.7 Å². The van der Waals surface area contributed by atoms with Crippen LogP contribution in [-0.4, -0.2) is 4.98 Å². The number of benzene rings is 7. The van der Waals surface area contributed by atoms with Crippen molar-refractivity contribution in [2.45, 2.75) is 0 Å². The minimum Gasteiger partial charge on any atom is -0.248 e. The average molecular weight is 351 g/mol. The van der Waals surface area contributed by atoms with E-state index in [2.05, 4.69) is 78.9 Å². The van der Waals surface area contributed by atoms with E-state index in [0.717, 1.165) is 11.0 Å². The predicted octanol–water partition coefficient (Wildman–Crippen LogP) is 7.47. The molecule has 126 valence electrons. The van der Waals surface area contributed by atoms with Crippen LogP contribution in [0.15, 0.2) is 78.9 Å². The molecule has 0 saturated carbocycles. The summed E-state index contributed by atoms with van der Waals surface area (Å²) in [6.45, 7) is 0. The van der Waals surface area contributed by atoms with Crippen LogP contribution in [-0.2, 0) is 0 Å². The molecule has 0 saturated heterocycles. The number of pyridine rings is 1. The smallest absolute Gasteiger partial charge is 0.0722 e. The van der Waals surface area contributed by atoms with Gasteiger partial charge in [-0.15, -0.1) is 0 Å². The molecule has 7 aromatic carbocycles. The van der Waals surface area contributed by atoms with Crippen molar-refractivity contribution in [1.82, 2.24) is 4.98 Å². The molecule has 0 spiro atoms. The maximum Gasteiger partial charge on any atom is 0.0722 e. The number of nitrogens with zero attached hydrogens (tertiary/aromatic N) is 1. The molecule has 1 nitrogen and oxygen atoms in total. The van der Waals surface area contributed by atoms with Crippen molar-refractivity contribution in [1.29, 1.82) is 0 Å². The molecular weight excluding hydrogens is 338 g/mol. The summed E-state index contributed by atoms with van der Waals surface area (Å²) in [6.07, 6.45) is 0. The van der Waals surface area contributed by atoms with Gasteiger partial charge in [0.15, 0.2) is 0 Å². The Morgan fingerprint density at radius 1 is 0.357 bits per heavy atom. The molecule has 8 aromatic rings. The van der Waals surface area contributed by atoms with Crippen LogP contribution in [0.25, 0.3) is 75.7 Å². The highest BCUT2D eigenvalue weighted by Gasteiger charge is 2.22. The van der Waals surface area contributed by atoms with E-state index in [0.29, 0.717) is 0 Å². The highest BCUT2D eigenvalue weighted by Crippen LogP contribution is 2.49. The molecule has 1 heteroatoms. The minimum absolute atomic E-state index is 1.10. The Morgan fingerprint density at radius 2 is 0.821 bits per heavy atom. The van der Waals surface area contributed by atoms with E-state index in [-0.39, 0.29) is 0 Å². The molecule has 0 aliphatic heterocycles. The van der Waals surface area contributed by atoms with E-state index in [1.807, 2.05) is 0 Å². The van der Waals surface area contributed by atoms with E-state index in [9.17, 15) is 0 Å². The molecule has 0 unspecified atom stereocenters. The monoisotopic (exact) mass is 351 g/mol. The van der Waals surface area contributed by atoms with Crippen LogP contribution < -0.4 is 0 Å². The molecule has 0 bridgehead atoms. The second-order valence-electron chi connectivity index (χ2n) is 7.94. The van der Waals surface area contributed by atoms with E-state index in [4.69, 9.17) is 4.98 Å². The van der Waals surface area contributed by atoms with Gasteiger partial charge in [0.2, 0.25) is 0 Å². The summed E-state index contributed by atoms with van der Waals surface area (Å²) in [6, 6.07) is 28.9. The van der Waals surface area contributed by atoms with Gasteiger partial charge in [0.05, 0.1) is 11.0 Å². The lowest BCUT2D eigenvalue weighted by atomic mass is 9.83. The van der Waals surface area contributed by atoms with Gasteiger partial charge in [-0.25, -0.2) is 4.98 Å². The van der Waals surface area contributed by atoms with Crippen LogP contribution >= 0.6 is 0 Å². The van der Waals surface area contributed by atoms with Crippen LogP contribution in [0.1, 0.15) is 0 Å². The Hall–Kier alpha value is -3.71. The van der Waals surface area contributed by atoms with Gasteiger partial charge in [-0.2, -0.15) is 0 Å². The Labute approximate surface area is 159 Å². The third-order valence-corrected chi connectivity index (χ3v) is 6.68. The molecule has 0 aliphatic carbocycles. The van der Waals surface area contributed by atoms with Gasteiger partial charge >= 0.3 is 0 Å². The first-order valence-corrected chi connectivity index (χ1v) is 9.75. The standard InChI is InChI=1S/C27H13N/c1-4-14-10-12-20-25-22(14)16(6-1)18-8-3-9-19-17-7-2-5-15-11-13-21(28-20)26(23(15)17)27(25)24(18)19/h1-13H. The first-order chi connectivity index (χ1) is 13.9. The van der Waals surface area contributed by atoms with Crippen molar-refractivity contribution in [3.05, 3.63) is 78.9 Å². The molecule has 1 aromatic heterocycles. The SMILES string of the molecule is c1cc2ccc3nc4ccc5cccc6c7cccc8c(c1)c2c3c(c87)c4c56. The van der Waals surface area contributed by atoms with Crippen molar-refractivity contribution in [3.8, 4) is 0 Å². The van der Waals surface area contributed by atoms with Gasteiger partial charge < -0.3 is 0 Å². The summed E-state index contributed by atoms with van der Waals surface area (Å²) >= 11 is 0. The van der Waals surface area contributed by atoms with Gasteiger partial charge in [-0.05, 0) is 60.6 Å². The van der Waals surface area contributed by atoms with Gasteiger partial charge in [-0.1, -0.05) is 66.7 Å². The maximum absolute atomic E-state index is 5.11. The summed E-state index contributed by atoms with van der Waals surface area (Å²) in [5.41, 5.74) is 2.20. The fourth-order valence-corrected chi connectivity index (χ4v) is 5.65. The maximum atomic E-state index is 5.11. The third kappa shape index (κ3) is 1.30. The fourth-order valence-electron chi connectivity index (χ4n) is 5.65. The van der Waals surface area contributed by atoms with Crippen molar-refractivity contribution in [2.75, 3.05) is 0 Å². The molecule has 0 amide bonds. The normalized spacial score (nSPS) is 13.0. The third-order valence-electron chi connectivity index (χ3n) is 6.68. The lowest BCUT2D eigenvalue weighted by Crippen LogP contribution is -1.95. The number of aromatic nitrogens is 1. The summed E-state index contributed by atoms with van der Waals surface area (Å²) in [7, 11) is 0. The largest absolute Gasteiger partial charge is 0.248 e. The average Bonchev–Trinajstić information content (AvgIpc) is 2.76. The molecule has 0 fully saturated rings. The zero-order chi connectivity index (χ0) is 18.0. The lowest BCUT2D eigenvalue weighted by molar-refractivity contribution is 1.52. The molecule has 0 atom stereocenters. The highest BCUT2D eigenvalue weighted by molar-refractivity contribution is 6.46. The van der Waals surface area contributed by atoms with Crippen molar-refractivity contribution in [2.24, 2.45) is 0 Å². The summed E-state index contributed by atoms with van der Waals surface area (Å²) in [5.74, 6) is 0. The quantitative estimate of drug-likeness (QED) is 0.204. The molecule has 0 radical (unpaired) electrons. The molecule has 0 aliphatic rings. The second-order valence-corrected chi connectivity index (χ2v) is 7.94. The van der Waals surface area contributed by atoms with E-state index >= 15 is 0 Å². The molecule has 8 rings (SSSR count). The zero-order valence-electron chi connectivity index (χ0n) is 15.0. The Balaban J connectivity index is 1.96. The predicted molar refractivity (Wildman–Crippen MR) is 120 cm³/mol. The van der Waals surface area contributed by atoms with Crippen LogP contribution in [0, 0.1) is 0 Å². The summed E-state index contributed by atoms with van der Waals surface area (Å²) in [4.78, 5) is 5.11. The van der Waals surface area contributed by atoms with E-state index in [1.165, 1.54) is 64.6 Å². The number of fused-ring (bicyclic) bond motifs is 2. The molecular formula is C27H13N. The Bertz CT molecular complexity index is 1730. The van der Waals surface area contributed by atoms with Crippen LogP contribution in [0.5, 0.6) is 0 Å². The minimum atomic E-state index is 1.10. The second kappa shape index (κ2) is 4.23. The number of rotatable bonds is 0. The van der Waals surface area contributed by atoms with Gasteiger partial charge in [0.25, 0.3) is 0 Å². The van der Waals surface area contributed by atoms with Gasteiger partial charge in [0.1, 0.15) is 0 Å². The lowest BCUT2D eigenvalue weighted by Gasteiger charge is -2.21. The number of hydrogen-bond donors (Lipinski definition) is 0. The number of hydrogen-bond acceptors (Lipinski definition) is 1. The van der Waals surface area contributed by atoms with Gasteiger partial charge in [0, 0.05) is 16.2 Å². The molecule has 1 heterocycles. The first kappa shape index (κ1) is 13.5. The zero-order valence-corrected chi connectivity index (χ0v) is 15.0. The van der Waals surface area contributed by atoms with Crippen LogP contribution in [0.3, 0.4) is 0 Å². The Kier molecular flexibility index (Phi) is 2.03. The van der Waals surface area contributed by atoms with Crippen LogP contribution in [0.2, 0.25) is 0 Å². The summed E-state index contributed by atoms with van der Waals surface area (Å²) in [5, 5.41) is 16.1. The van der Waals surface area contributed by atoms with E-state index < -0.39 is 0 Å². The topological polar surface area (TPSA) is 12.9 Å². The van der Waals surface area contributed by atoms with Crippen molar-refractivity contribution in [3.63, 3.8) is 0 Å². The Morgan fingerprint density at radius 3 is 1.36 bits per heavy atom. The first-order valence-electron chi connectivity index (χ1n) is 9.75.